The molecule has 2 heterocycles. The molecule has 0 spiro atoms. The third kappa shape index (κ3) is 3.84. The molecular weight excluding hydrogens is 346 g/mol. The second kappa shape index (κ2) is 7.77. The Morgan fingerprint density at radius 3 is 2.63 bits per heavy atom. The van der Waals surface area contributed by atoms with Crippen molar-refractivity contribution in [1.29, 1.82) is 0 Å². The van der Waals surface area contributed by atoms with Crippen molar-refractivity contribution in [2.45, 2.75) is 6.92 Å². The van der Waals surface area contributed by atoms with Gasteiger partial charge in [-0.3, -0.25) is 9.89 Å². The third-order valence-corrected chi connectivity index (χ3v) is 4.16. The summed E-state index contributed by atoms with van der Waals surface area (Å²) in [5.74, 6) is 0.850. The zero-order chi connectivity index (χ0) is 19.4. The Bertz CT molecular complexity index is 987. The zero-order valence-corrected chi connectivity index (χ0v) is 15.6. The summed E-state index contributed by atoms with van der Waals surface area (Å²) in [6, 6.07) is 11.0. The van der Waals surface area contributed by atoms with Gasteiger partial charge < -0.3 is 14.0 Å². The van der Waals surface area contributed by atoms with Gasteiger partial charge >= 0.3 is 0 Å². The van der Waals surface area contributed by atoms with Crippen molar-refractivity contribution in [1.82, 2.24) is 20.2 Å². The van der Waals surface area contributed by atoms with E-state index in [1.54, 1.807) is 39.3 Å². The van der Waals surface area contributed by atoms with Crippen molar-refractivity contribution in [3.8, 4) is 22.9 Å². The van der Waals surface area contributed by atoms with E-state index in [-0.39, 0.29) is 5.91 Å². The van der Waals surface area contributed by atoms with E-state index in [1.807, 2.05) is 36.0 Å². The fraction of sp³-hybridized carbons (Fsp3) is 0.211. The van der Waals surface area contributed by atoms with Crippen molar-refractivity contribution in [2.75, 3.05) is 14.2 Å². The van der Waals surface area contributed by atoms with Gasteiger partial charge in [-0.1, -0.05) is 0 Å². The lowest BCUT2D eigenvalue weighted by Gasteiger charge is -2.09. The summed E-state index contributed by atoms with van der Waals surface area (Å²) in [4.78, 5) is 12.3. The van der Waals surface area contributed by atoms with Gasteiger partial charge in [0.15, 0.2) is 11.5 Å². The number of hydrazone groups is 1. The molecule has 1 amide bonds. The molecule has 0 aliphatic rings. The maximum absolute atomic E-state index is 12.3. The molecule has 27 heavy (non-hydrogen) atoms. The number of benzene rings is 1. The van der Waals surface area contributed by atoms with Crippen molar-refractivity contribution in [2.24, 2.45) is 12.1 Å². The summed E-state index contributed by atoms with van der Waals surface area (Å²) < 4.78 is 12.4. The highest BCUT2D eigenvalue weighted by Crippen LogP contribution is 2.27. The van der Waals surface area contributed by atoms with Gasteiger partial charge in [0, 0.05) is 18.8 Å². The van der Waals surface area contributed by atoms with Gasteiger partial charge in [-0.15, -0.1) is 0 Å². The van der Waals surface area contributed by atoms with Gasteiger partial charge in [0.1, 0.15) is 11.4 Å². The average Bonchev–Trinajstić information content (AvgIpc) is 3.33. The minimum Gasteiger partial charge on any atom is -0.493 e. The second-order valence-corrected chi connectivity index (χ2v) is 5.88. The molecule has 8 nitrogen and oxygen atoms in total. The van der Waals surface area contributed by atoms with Crippen LogP contribution in [0.25, 0.3) is 11.4 Å². The molecule has 0 aliphatic heterocycles. The molecule has 0 atom stereocenters. The predicted molar refractivity (Wildman–Crippen MR) is 102 cm³/mol. The van der Waals surface area contributed by atoms with Crippen LogP contribution in [0.1, 0.15) is 23.0 Å². The number of nitrogens with zero attached hydrogens (tertiary/aromatic N) is 3. The SMILES string of the molecule is COc1ccc(/C(C)=N/NC(=O)c2cc(-c3cccn3C)n[nH]2)cc1OC. The quantitative estimate of drug-likeness (QED) is 0.517. The van der Waals surface area contributed by atoms with Crippen LogP contribution in [0.5, 0.6) is 11.5 Å². The van der Waals surface area contributed by atoms with Crippen LogP contribution >= 0.6 is 0 Å². The Morgan fingerprint density at radius 2 is 1.96 bits per heavy atom. The number of aromatic nitrogens is 3. The molecular formula is C19H21N5O3. The lowest BCUT2D eigenvalue weighted by Crippen LogP contribution is -2.19. The van der Waals surface area contributed by atoms with Crippen LogP contribution in [0, 0.1) is 0 Å². The molecule has 1 aromatic carbocycles. The van der Waals surface area contributed by atoms with Gasteiger partial charge in [0.05, 0.1) is 25.6 Å². The molecule has 0 bridgehead atoms. The first-order chi connectivity index (χ1) is 13.0. The Morgan fingerprint density at radius 1 is 1.19 bits per heavy atom. The molecule has 0 unspecified atom stereocenters. The van der Waals surface area contributed by atoms with Crippen LogP contribution in [0.2, 0.25) is 0 Å². The number of rotatable bonds is 6. The monoisotopic (exact) mass is 367 g/mol. The number of methoxy groups -OCH3 is 2. The fourth-order valence-electron chi connectivity index (χ4n) is 2.62. The first-order valence-electron chi connectivity index (χ1n) is 8.27. The lowest BCUT2D eigenvalue weighted by molar-refractivity contribution is 0.0950. The number of aryl methyl sites for hydroxylation is 1. The lowest BCUT2D eigenvalue weighted by atomic mass is 10.1. The van der Waals surface area contributed by atoms with Crippen LogP contribution in [-0.2, 0) is 7.05 Å². The summed E-state index contributed by atoms with van der Waals surface area (Å²) in [6.07, 6.45) is 1.92. The van der Waals surface area contributed by atoms with E-state index in [2.05, 4.69) is 20.7 Å². The molecule has 0 saturated carbocycles. The molecule has 0 saturated heterocycles. The smallest absolute Gasteiger partial charge is 0.289 e. The summed E-state index contributed by atoms with van der Waals surface area (Å²) in [5.41, 5.74) is 5.90. The molecule has 8 heteroatoms. The Hall–Kier alpha value is -3.55. The van der Waals surface area contributed by atoms with Crippen LogP contribution in [0.3, 0.4) is 0 Å². The fourth-order valence-corrected chi connectivity index (χ4v) is 2.62. The Kier molecular flexibility index (Phi) is 5.25. The van der Waals surface area contributed by atoms with Crippen molar-refractivity contribution in [3.05, 3.63) is 53.9 Å². The largest absolute Gasteiger partial charge is 0.493 e. The second-order valence-electron chi connectivity index (χ2n) is 5.88. The topological polar surface area (TPSA) is 93.5 Å². The maximum Gasteiger partial charge on any atom is 0.289 e. The van der Waals surface area contributed by atoms with Crippen LogP contribution in [0.4, 0.5) is 0 Å². The number of hydrogen-bond acceptors (Lipinski definition) is 5. The summed E-state index contributed by atoms with van der Waals surface area (Å²) in [6.45, 7) is 1.80. The van der Waals surface area contributed by atoms with Crippen LogP contribution in [-0.4, -0.2) is 40.6 Å². The number of amides is 1. The highest BCUT2D eigenvalue weighted by Gasteiger charge is 2.12. The molecule has 3 rings (SSSR count). The van der Waals surface area contributed by atoms with Gasteiger partial charge in [-0.05, 0) is 43.3 Å². The van der Waals surface area contributed by atoms with E-state index in [1.165, 1.54) is 0 Å². The normalized spacial score (nSPS) is 11.3. The number of aromatic amines is 1. The third-order valence-electron chi connectivity index (χ3n) is 4.16. The number of hydrogen-bond donors (Lipinski definition) is 2. The van der Waals surface area contributed by atoms with E-state index in [0.717, 1.165) is 11.3 Å². The highest BCUT2D eigenvalue weighted by molar-refractivity contribution is 6.01. The number of carbonyl (C=O) groups excluding carboxylic acids is 1. The van der Waals surface area contributed by atoms with Gasteiger partial charge in [0.2, 0.25) is 0 Å². The number of carbonyl (C=O) groups is 1. The Balaban J connectivity index is 1.73. The summed E-state index contributed by atoms with van der Waals surface area (Å²) in [5, 5.41) is 11.1. The number of H-pyrrole nitrogens is 1. The number of nitrogens with one attached hydrogen (secondary N) is 2. The van der Waals surface area contributed by atoms with Crippen molar-refractivity contribution < 1.29 is 14.3 Å². The van der Waals surface area contributed by atoms with E-state index < -0.39 is 0 Å². The van der Waals surface area contributed by atoms with Gasteiger partial charge in [-0.2, -0.15) is 10.2 Å². The van der Waals surface area contributed by atoms with Crippen LogP contribution < -0.4 is 14.9 Å². The molecule has 0 aliphatic carbocycles. The maximum atomic E-state index is 12.3. The van der Waals surface area contributed by atoms with E-state index in [9.17, 15) is 4.79 Å². The summed E-state index contributed by atoms with van der Waals surface area (Å²) in [7, 11) is 5.06. The molecule has 140 valence electrons. The van der Waals surface area contributed by atoms with Gasteiger partial charge in [-0.25, -0.2) is 5.43 Å². The van der Waals surface area contributed by atoms with Crippen LogP contribution in [0.15, 0.2) is 47.7 Å². The minimum atomic E-state index is -0.372. The molecule has 2 aromatic heterocycles. The van der Waals surface area contributed by atoms with Crippen molar-refractivity contribution >= 4 is 11.6 Å². The Labute approximate surface area is 156 Å². The average molecular weight is 367 g/mol. The molecule has 0 radical (unpaired) electrons. The van der Waals surface area contributed by atoms with E-state index >= 15 is 0 Å². The minimum absolute atomic E-state index is 0.329. The first kappa shape index (κ1) is 18.2. The number of ether oxygens (including phenoxy) is 2. The predicted octanol–water partition coefficient (Wildman–Crippen LogP) is 2.59. The van der Waals surface area contributed by atoms with Gasteiger partial charge in [0.25, 0.3) is 5.91 Å². The molecule has 3 aromatic rings. The zero-order valence-electron chi connectivity index (χ0n) is 15.6. The first-order valence-corrected chi connectivity index (χ1v) is 8.27. The van der Waals surface area contributed by atoms with E-state index in [4.69, 9.17) is 9.47 Å². The molecule has 2 N–H and O–H groups in total. The highest BCUT2D eigenvalue weighted by atomic mass is 16.5. The summed E-state index contributed by atoms with van der Waals surface area (Å²) >= 11 is 0. The molecule has 0 fully saturated rings. The van der Waals surface area contributed by atoms with E-state index in [0.29, 0.717) is 28.6 Å². The van der Waals surface area contributed by atoms with Crippen molar-refractivity contribution in [3.63, 3.8) is 0 Å². The standard InChI is InChI=1S/C19H21N5O3/c1-12(13-7-8-17(26-3)18(10-13)27-4)20-23-19(25)15-11-14(21-22-15)16-6-5-9-24(16)2/h5-11H,1-4H3,(H,21,22)(H,23,25)/b20-12+.